The molecule has 0 unspecified atom stereocenters. The van der Waals surface area contributed by atoms with Crippen LogP contribution in [0.2, 0.25) is 0 Å². The number of rotatable bonds is 10. The Morgan fingerprint density at radius 3 is 2.29 bits per heavy atom. The summed E-state index contributed by atoms with van der Waals surface area (Å²) in [7, 11) is 0. The van der Waals surface area contributed by atoms with Crippen LogP contribution in [0.4, 0.5) is 17.6 Å². The molecule has 188 valence electrons. The molecule has 4 rings (SSSR count). The molecular weight excluding hydrogens is 452 g/mol. The predicted molar refractivity (Wildman–Crippen MR) is 134 cm³/mol. The van der Waals surface area contributed by atoms with Crippen LogP contribution < -0.4 is 4.74 Å². The second kappa shape index (κ2) is 11.9. The van der Waals surface area contributed by atoms with Gasteiger partial charge in [-0.2, -0.15) is 8.78 Å². The van der Waals surface area contributed by atoms with Crippen LogP contribution in [-0.4, -0.2) is 6.61 Å². The lowest BCUT2D eigenvalue weighted by Crippen LogP contribution is -2.15. The Balaban J connectivity index is 1.39. The highest BCUT2D eigenvalue weighted by molar-refractivity contribution is 5.88. The van der Waals surface area contributed by atoms with Crippen molar-refractivity contribution in [2.24, 2.45) is 11.8 Å². The lowest BCUT2D eigenvalue weighted by Gasteiger charge is -2.28. The van der Waals surface area contributed by atoms with Crippen LogP contribution in [-0.2, 0) is 6.42 Å². The van der Waals surface area contributed by atoms with E-state index in [9.17, 15) is 13.2 Å². The number of aryl methyl sites for hydroxylation is 1. The Kier molecular flexibility index (Phi) is 8.69. The highest BCUT2D eigenvalue weighted by Crippen LogP contribution is 2.35. The van der Waals surface area contributed by atoms with E-state index in [0.717, 1.165) is 35.8 Å². The summed E-state index contributed by atoms with van der Waals surface area (Å²) < 4.78 is 58.3. The van der Waals surface area contributed by atoms with Crippen molar-refractivity contribution in [1.82, 2.24) is 0 Å². The van der Waals surface area contributed by atoms with Crippen LogP contribution in [0.1, 0.15) is 70.3 Å². The van der Waals surface area contributed by atoms with Crippen molar-refractivity contribution < 1.29 is 22.3 Å². The Bertz CT molecular complexity index is 1120. The molecule has 0 atom stereocenters. The standard InChI is InChI=1S/C30H34F4O/c1-2-3-4-5-20-6-8-21(9-7-20)10-11-22-12-15-25-23(18-22)13-16-26(29(25)32)24-14-17-28(27(31)19-24)35-30(33)34/h12-21,30H,2-11H2,1H3/t20-,21-. The summed E-state index contributed by atoms with van der Waals surface area (Å²) in [5.74, 6) is -0.263. The third kappa shape index (κ3) is 6.56. The molecule has 3 aromatic carbocycles. The van der Waals surface area contributed by atoms with Crippen molar-refractivity contribution >= 4 is 10.8 Å². The lowest BCUT2D eigenvalue weighted by molar-refractivity contribution is -0.0521. The first-order valence-corrected chi connectivity index (χ1v) is 12.9. The maximum atomic E-state index is 15.3. The molecule has 1 fully saturated rings. The molecule has 0 aromatic heterocycles. The molecule has 5 heteroatoms. The average Bonchev–Trinajstić information content (AvgIpc) is 2.85. The number of hydrogen-bond acceptors (Lipinski definition) is 1. The van der Waals surface area contributed by atoms with Gasteiger partial charge in [0.2, 0.25) is 0 Å². The van der Waals surface area contributed by atoms with Gasteiger partial charge in [0.1, 0.15) is 5.82 Å². The number of alkyl halides is 2. The van der Waals surface area contributed by atoms with Gasteiger partial charge in [0.15, 0.2) is 11.6 Å². The molecule has 0 heterocycles. The lowest BCUT2D eigenvalue weighted by atomic mass is 9.77. The van der Waals surface area contributed by atoms with E-state index in [0.29, 0.717) is 5.39 Å². The maximum Gasteiger partial charge on any atom is 0.387 e. The van der Waals surface area contributed by atoms with E-state index in [1.165, 1.54) is 69.4 Å². The third-order valence-electron chi connectivity index (χ3n) is 7.50. The molecule has 3 aromatic rings. The van der Waals surface area contributed by atoms with Crippen LogP contribution in [0.3, 0.4) is 0 Å². The van der Waals surface area contributed by atoms with E-state index in [1.807, 2.05) is 18.2 Å². The Labute approximate surface area is 205 Å². The Hall–Kier alpha value is -2.56. The number of unbranched alkanes of at least 4 members (excludes halogenated alkanes) is 2. The topological polar surface area (TPSA) is 9.23 Å². The smallest absolute Gasteiger partial charge is 0.387 e. The van der Waals surface area contributed by atoms with Crippen molar-refractivity contribution in [2.45, 2.75) is 77.7 Å². The first-order valence-electron chi connectivity index (χ1n) is 12.9. The summed E-state index contributed by atoms with van der Waals surface area (Å²) in [6.07, 6.45) is 12.9. The van der Waals surface area contributed by atoms with Gasteiger partial charge in [-0.1, -0.05) is 94.7 Å². The zero-order valence-corrected chi connectivity index (χ0v) is 20.3. The first-order chi connectivity index (χ1) is 16.9. The molecule has 1 aliphatic rings. The van der Waals surface area contributed by atoms with E-state index in [1.54, 1.807) is 12.1 Å². The van der Waals surface area contributed by atoms with Gasteiger partial charge in [-0.15, -0.1) is 0 Å². The van der Waals surface area contributed by atoms with Crippen LogP contribution in [0.25, 0.3) is 21.9 Å². The minimum Gasteiger partial charge on any atom is -0.432 e. The highest BCUT2D eigenvalue weighted by atomic mass is 19.3. The molecule has 0 radical (unpaired) electrons. The van der Waals surface area contributed by atoms with Crippen molar-refractivity contribution in [2.75, 3.05) is 0 Å². The molecular formula is C30H34F4O. The molecule has 0 bridgehead atoms. The average molecular weight is 487 g/mol. The van der Waals surface area contributed by atoms with Crippen LogP contribution in [0, 0.1) is 23.5 Å². The maximum absolute atomic E-state index is 15.3. The van der Waals surface area contributed by atoms with Crippen LogP contribution in [0.15, 0.2) is 48.5 Å². The van der Waals surface area contributed by atoms with Gasteiger partial charge in [-0.25, -0.2) is 8.78 Å². The largest absolute Gasteiger partial charge is 0.432 e. The summed E-state index contributed by atoms with van der Waals surface area (Å²) in [5.41, 5.74) is 1.70. The van der Waals surface area contributed by atoms with Gasteiger partial charge >= 0.3 is 6.61 Å². The summed E-state index contributed by atoms with van der Waals surface area (Å²) in [6, 6.07) is 12.8. The molecule has 35 heavy (non-hydrogen) atoms. The third-order valence-corrected chi connectivity index (χ3v) is 7.50. The second-order valence-electron chi connectivity index (χ2n) is 9.93. The fourth-order valence-corrected chi connectivity index (χ4v) is 5.44. The van der Waals surface area contributed by atoms with Crippen molar-refractivity contribution in [3.63, 3.8) is 0 Å². The number of halogens is 4. The van der Waals surface area contributed by atoms with Gasteiger partial charge in [0.25, 0.3) is 0 Å². The van der Waals surface area contributed by atoms with Crippen molar-refractivity contribution in [3.8, 4) is 16.9 Å². The predicted octanol–water partition coefficient (Wildman–Crippen LogP) is 9.71. The monoisotopic (exact) mass is 486 g/mol. The first kappa shape index (κ1) is 25.5. The van der Waals surface area contributed by atoms with Gasteiger partial charge in [0.05, 0.1) is 0 Å². The van der Waals surface area contributed by atoms with Crippen molar-refractivity contribution in [1.29, 1.82) is 0 Å². The van der Waals surface area contributed by atoms with Gasteiger partial charge in [0, 0.05) is 10.9 Å². The van der Waals surface area contributed by atoms with E-state index >= 15 is 4.39 Å². The molecule has 0 spiro atoms. The summed E-state index contributed by atoms with van der Waals surface area (Å²) in [6.45, 7) is -0.861. The number of fused-ring (bicyclic) bond motifs is 1. The van der Waals surface area contributed by atoms with E-state index < -0.39 is 24.0 Å². The molecule has 0 saturated heterocycles. The quantitative estimate of drug-likeness (QED) is 0.205. The Morgan fingerprint density at radius 2 is 1.60 bits per heavy atom. The highest BCUT2D eigenvalue weighted by Gasteiger charge is 2.21. The zero-order valence-electron chi connectivity index (χ0n) is 20.3. The van der Waals surface area contributed by atoms with E-state index in [4.69, 9.17) is 0 Å². The molecule has 0 N–H and O–H groups in total. The summed E-state index contributed by atoms with van der Waals surface area (Å²) in [5, 5.41) is 1.27. The summed E-state index contributed by atoms with van der Waals surface area (Å²) >= 11 is 0. The van der Waals surface area contributed by atoms with Crippen LogP contribution >= 0.6 is 0 Å². The number of benzene rings is 3. The van der Waals surface area contributed by atoms with E-state index in [2.05, 4.69) is 11.7 Å². The second-order valence-corrected chi connectivity index (χ2v) is 9.93. The van der Waals surface area contributed by atoms with Gasteiger partial charge < -0.3 is 4.74 Å². The molecule has 1 saturated carbocycles. The molecule has 1 aliphatic carbocycles. The zero-order chi connectivity index (χ0) is 24.8. The van der Waals surface area contributed by atoms with Gasteiger partial charge in [-0.3, -0.25) is 0 Å². The minimum absolute atomic E-state index is 0.225. The number of hydrogen-bond donors (Lipinski definition) is 0. The fraction of sp³-hybridized carbons (Fsp3) is 0.467. The van der Waals surface area contributed by atoms with Gasteiger partial charge in [-0.05, 0) is 53.3 Å². The normalized spacial score (nSPS) is 18.3. The van der Waals surface area contributed by atoms with Crippen LogP contribution in [0.5, 0.6) is 5.75 Å². The molecule has 1 nitrogen and oxygen atoms in total. The van der Waals surface area contributed by atoms with E-state index in [-0.39, 0.29) is 11.1 Å². The fourth-order valence-electron chi connectivity index (χ4n) is 5.44. The summed E-state index contributed by atoms with van der Waals surface area (Å²) in [4.78, 5) is 0. The Morgan fingerprint density at radius 1 is 0.857 bits per heavy atom. The number of ether oxygens (including phenoxy) is 1. The molecule has 0 aliphatic heterocycles. The SMILES string of the molecule is CCCCC[C@H]1CC[C@H](CCc2ccc3c(F)c(-c4ccc(OC(F)F)c(F)c4)ccc3c2)CC1. The molecule has 0 amide bonds. The minimum atomic E-state index is -3.12. The van der Waals surface area contributed by atoms with Crippen molar-refractivity contribution in [3.05, 3.63) is 65.7 Å².